The molecular formula is C16H12N2O2. The second-order valence-corrected chi connectivity index (χ2v) is 4.37. The number of allylic oxidation sites excluding steroid dienone is 5. The van der Waals surface area contributed by atoms with E-state index in [9.17, 15) is 4.79 Å². The Morgan fingerprint density at radius 1 is 1.10 bits per heavy atom. The van der Waals surface area contributed by atoms with Crippen molar-refractivity contribution in [3.05, 3.63) is 77.7 Å². The Labute approximate surface area is 116 Å². The van der Waals surface area contributed by atoms with Gasteiger partial charge in [0.05, 0.1) is 5.70 Å². The number of benzene rings is 1. The van der Waals surface area contributed by atoms with Crippen LogP contribution in [0.15, 0.2) is 87.9 Å². The van der Waals surface area contributed by atoms with Crippen LogP contribution >= 0.6 is 0 Å². The molecule has 0 aromatic heterocycles. The molecule has 1 aliphatic heterocycles. The second kappa shape index (κ2) is 5.48. The van der Waals surface area contributed by atoms with E-state index in [1.165, 1.54) is 0 Å². The molecule has 0 unspecified atom stereocenters. The van der Waals surface area contributed by atoms with E-state index >= 15 is 0 Å². The number of nitrogens with zero attached hydrogens (tertiary/aromatic N) is 2. The standard InChI is InChI=1S/C16H12N2O2/c19-16(20-14-6-2-1-3-7-14)13-8-9-15-12(11-13)5-4-10-17-18-15/h1-10H,11H2. The Bertz CT molecular complexity index is 680. The zero-order valence-electron chi connectivity index (χ0n) is 10.7. The summed E-state index contributed by atoms with van der Waals surface area (Å²) in [4.78, 5) is 12.1. The average Bonchev–Trinajstić information content (AvgIpc) is 2.72. The quantitative estimate of drug-likeness (QED) is 0.604. The number of fused-ring (bicyclic) bond motifs is 1. The van der Waals surface area contributed by atoms with E-state index in [1.54, 1.807) is 30.5 Å². The molecule has 1 aromatic carbocycles. The minimum absolute atomic E-state index is 0.336. The number of carbonyl (C=O) groups excluding carboxylic acids is 1. The van der Waals surface area contributed by atoms with Crippen molar-refractivity contribution in [3.63, 3.8) is 0 Å². The molecule has 4 nitrogen and oxygen atoms in total. The smallest absolute Gasteiger partial charge is 0.339 e. The lowest BCUT2D eigenvalue weighted by Crippen LogP contribution is -2.13. The van der Waals surface area contributed by atoms with Crippen molar-refractivity contribution in [1.82, 2.24) is 0 Å². The van der Waals surface area contributed by atoms with Crippen LogP contribution in [0.1, 0.15) is 6.42 Å². The number of para-hydroxylation sites is 1. The van der Waals surface area contributed by atoms with Gasteiger partial charge in [0, 0.05) is 18.2 Å². The average molecular weight is 264 g/mol. The van der Waals surface area contributed by atoms with Crippen molar-refractivity contribution in [2.45, 2.75) is 6.42 Å². The largest absolute Gasteiger partial charge is 0.423 e. The van der Waals surface area contributed by atoms with E-state index < -0.39 is 0 Å². The van der Waals surface area contributed by atoms with E-state index in [-0.39, 0.29) is 5.97 Å². The molecule has 1 heterocycles. The summed E-state index contributed by atoms with van der Waals surface area (Å²) < 4.78 is 5.33. The SMILES string of the molecule is O=C(Oc1ccccc1)C1=CC=C2N=NC=CC=C2C1. The molecule has 2 aliphatic rings. The number of carbonyl (C=O) groups is 1. The molecule has 0 amide bonds. The van der Waals surface area contributed by atoms with E-state index in [4.69, 9.17) is 4.74 Å². The van der Waals surface area contributed by atoms with Crippen LogP contribution in [0.2, 0.25) is 0 Å². The molecular weight excluding hydrogens is 252 g/mol. The number of azo groups is 1. The minimum Gasteiger partial charge on any atom is -0.423 e. The normalized spacial score (nSPS) is 16.5. The predicted molar refractivity (Wildman–Crippen MR) is 74.9 cm³/mol. The molecule has 1 aliphatic carbocycles. The molecule has 0 fully saturated rings. The lowest BCUT2D eigenvalue weighted by Gasteiger charge is -2.13. The summed E-state index contributed by atoms with van der Waals surface area (Å²) >= 11 is 0. The summed E-state index contributed by atoms with van der Waals surface area (Å²) in [6.45, 7) is 0. The fourth-order valence-corrected chi connectivity index (χ4v) is 1.98. The van der Waals surface area contributed by atoms with Crippen LogP contribution in [0.25, 0.3) is 0 Å². The van der Waals surface area contributed by atoms with Crippen molar-refractivity contribution in [3.8, 4) is 5.75 Å². The summed E-state index contributed by atoms with van der Waals surface area (Å²) in [5.74, 6) is 0.208. The third kappa shape index (κ3) is 2.64. The van der Waals surface area contributed by atoms with Gasteiger partial charge in [-0.25, -0.2) is 4.79 Å². The molecule has 98 valence electrons. The summed E-state index contributed by atoms with van der Waals surface area (Å²) in [5.41, 5.74) is 2.35. The molecule has 0 radical (unpaired) electrons. The maximum absolute atomic E-state index is 12.1. The van der Waals surface area contributed by atoms with Crippen LogP contribution in [0.5, 0.6) is 5.75 Å². The monoisotopic (exact) mass is 264 g/mol. The lowest BCUT2D eigenvalue weighted by molar-refractivity contribution is -0.130. The van der Waals surface area contributed by atoms with E-state index in [2.05, 4.69) is 10.2 Å². The Kier molecular flexibility index (Phi) is 3.37. The number of hydrogen-bond donors (Lipinski definition) is 0. The van der Waals surface area contributed by atoms with Crippen LogP contribution in [0, 0.1) is 0 Å². The highest BCUT2D eigenvalue weighted by molar-refractivity contribution is 5.91. The van der Waals surface area contributed by atoms with E-state index in [0.29, 0.717) is 17.7 Å². The van der Waals surface area contributed by atoms with Crippen molar-refractivity contribution in [1.29, 1.82) is 0 Å². The predicted octanol–water partition coefficient (Wildman–Crippen LogP) is 3.71. The van der Waals surface area contributed by atoms with Gasteiger partial charge in [0.25, 0.3) is 0 Å². The molecule has 0 atom stereocenters. The fraction of sp³-hybridized carbons (Fsp3) is 0.0625. The van der Waals surface area contributed by atoms with E-state index in [0.717, 1.165) is 11.3 Å². The molecule has 0 N–H and O–H groups in total. The summed E-state index contributed by atoms with van der Waals surface area (Å²) in [6, 6.07) is 9.04. The third-order valence-corrected chi connectivity index (χ3v) is 2.98. The van der Waals surface area contributed by atoms with Gasteiger partial charge in [0.1, 0.15) is 5.75 Å². The number of esters is 1. The van der Waals surface area contributed by atoms with Crippen molar-refractivity contribution >= 4 is 5.97 Å². The van der Waals surface area contributed by atoms with E-state index in [1.807, 2.05) is 30.4 Å². The van der Waals surface area contributed by atoms with Crippen molar-refractivity contribution in [2.75, 3.05) is 0 Å². The molecule has 20 heavy (non-hydrogen) atoms. The molecule has 0 spiro atoms. The molecule has 0 saturated carbocycles. The maximum Gasteiger partial charge on any atom is 0.339 e. The summed E-state index contributed by atoms with van der Waals surface area (Å²) in [7, 11) is 0. The third-order valence-electron chi connectivity index (χ3n) is 2.98. The lowest BCUT2D eigenvalue weighted by atomic mass is 9.97. The highest BCUT2D eigenvalue weighted by atomic mass is 16.5. The van der Waals surface area contributed by atoms with Gasteiger partial charge in [-0.1, -0.05) is 24.3 Å². The van der Waals surface area contributed by atoms with Gasteiger partial charge in [0.15, 0.2) is 0 Å². The van der Waals surface area contributed by atoms with Gasteiger partial charge in [-0.3, -0.25) is 0 Å². The van der Waals surface area contributed by atoms with Gasteiger partial charge in [-0.15, -0.1) is 0 Å². The zero-order chi connectivity index (χ0) is 13.8. The second-order valence-electron chi connectivity index (χ2n) is 4.37. The Morgan fingerprint density at radius 2 is 1.95 bits per heavy atom. The first-order valence-electron chi connectivity index (χ1n) is 6.28. The van der Waals surface area contributed by atoms with Crippen LogP contribution < -0.4 is 4.74 Å². The Hall–Kier alpha value is -2.75. The van der Waals surface area contributed by atoms with Crippen LogP contribution in [-0.2, 0) is 4.79 Å². The number of ether oxygens (including phenoxy) is 1. The maximum atomic E-state index is 12.1. The molecule has 0 bridgehead atoms. The van der Waals surface area contributed by atoms with Crippen LogP contribution in [0.4, 0.5) is 0 Å². The Balaban J connectivity index is 1.79. The first-order chi connectivity index (χ1) is 9.83. The van der Waals surface area contributed by atoms with Crippen molar-refractivity contribution < 1.29 is 9.53 Å². The fourth-order valence-electron chi connectivity index (χ4n) is 1.98. The van der Waals surface area contributed by atoms with Gasteiger partial charge in [-0.2, -0.15) is 10.2 Å². The molecule has 3 rings (SSSR count). The highest BCUT2D eigenvalue weighted by Gasteiger charge is 2.19. The van der Waals surface area contributed by atoms with Gasteiger partial charge >= 0.3 is 5.97 Å². The highest BCUT2D eigenvalue weighted by Crippen LogP contribution is 2.28. The minimum atomic E-state index is -0.336. The Morgan fingerprint density at radius 3 is 2.80 bits per heavy atom. The van der Waals surface area contributed by atoms with Gasteiger partial charge in [0.2, 0.25) is 0 Å². The first-order valence-corrected chi connectivity index (χ1v) is 6.28. The zero-order valence-corrected chi connectivity index (χ0v) is 10.7. The van der Waals surface area contributed by atoms with Crippen LogP contribution in [-0.4, -0.2) is 5.97 Å². The molecule has 0 saturated heterocycles. The molecule has 4 heteroatoms. The van der Waals surface area contributed by atoms with Crippen molar-refractivity contribution in [2.24, 2.45) is 10.2 Å². The summed E-state index contributed by atoms with van der Waals surface area (Å²) in [5, 5.41) is 7.93. The van der Waals surface area contributed by atoms with Gasteiger partial charge in [-0.05, 0) is 35.9 Å². The van der Waals surface area contributed by atoms with Crippen LogP contribution in [0.3, 0.4) is 0 Å². The molecule has 1 aromatic rings. The van der Waals surface area contributed by atoms with Gasteiger partial charge < -0.3 is 4.74 Å². The number of hydrogen-bond acceptors (Lipinski definition) is 4. The topological polar surface area (TPSA) is 51.0 Å². The number of rotatable bonds is 2. The first kappa shape index (κ1) is 12.3. The summed E-state index contributed by atoms with van der Waals surface area (Å²) in [6.07, 6.45) is 9.37.